The van der Waals surface area contributed by atoms with Crippen LogP contribution in [0.3, 0.4) is 0 Å². The van der Waals surface area contributed by atoms with Crippen LogP contribution in [0.4, 0.5) is 0 Å². The number of Topliss-reactive ketones (excluding diaryl/α,β-unsaturated/α-hetero) is 1. The highest BCUT2D eigenvalue weighted by Crippen LogP contribution is 2.02. The molecule has 0 saturated carbocycles. The SMILES string of the molecule is C=N[C@H](C)CCCC(C)=O. The summed E-state index contributed by atoms with van der Waals surface area (Å²) >= 11 is 0. The molecule has 0 unspecified atom stereocenters. The molecule has 0 rings (SSSR count). The third-order valence-corrected chi connectivity index (χ3v) is 1.46. The van der Waals surface area contributed by atoms with Crippen LogP contribution in [0.15, 0.2) is 4.99 Å². The first kappa shape index (κ1) is 9.34. The second-order valence-electron chi connectivity index (χ2n) is 2.63. The van der Waals surface area contributed by atoms with Crippen molar-refractivity contribution in [3.05, 3.63) is 0 Å². The molecule has 0 aromatic carbocycles. The Morgan fingerprint density at radius 3 is 2.70 bits per heavy atom. The normalized spacial score (nSPS) is 12.6. The van der Waals surface area contributed by atoms with Crippen molar-refractivity contribution in [2.75, 3.05) is 0 Å². The van der Waals surface area contributed by atoms with Crippen molar-refractivity contribution in [3.63, 3.8) is 0 Å². The van der Waals surface area contributed by atoms with Crippen LogP contribution in [-0.4, -0.2) is 18.5 Å². The molecule has 0 fully saturated rings. The number of ketones is 1. The number of nitrogens with zero attached hydrogens (tertiary/aromatic N) is 1. The van der Waals surface area contributed by atoms with Gasteiger partial charge in [-0.25, -0.2) is 0 Å². The molecule has 0 spiro atoms. The van der Waals surface area contributed by atoms with E-state index in [9.17, 15) is 4.79 Å². The number of hydrogen-bond acceptors (Lipinski definition) is 2. The molecule has 0 N–H and O–H groups in total. The Balaban J connectivity index is 3.19. The van der Waals surface area contributed by atoms with E-state index < -0.39 is 0 Å². The summed E-state index contributed by atoms with van der Waals surface area (Å²) in [5, 5.41) is 0. The van der Waals surface area contributed by atoms with Crippen LogP contribution in [0.5, 0.6) is 0 Å². The summed E-state index contributed by atoms with van der Waals surface area (Å²) in [6.45, 7) is 7.05. The number of hydrogen-bond donors (Lipinski definition) is 0. The number of rotatable bonds is 5. The van der Waals surface area contributed by atoms with Gasteiger partial charge in [0.25, 0.3) is 0 Å². The molecule has 0 aromatic heterocycles. The Kier molecular flexibility index (Phi) is 4.81. The third kappa shape index (κ3) is 5.48. The molecule has 0 bridgehead atoms. The lowest BCUT2D eigenvalue weighted by atomic mass is 10.1. The average molecular weight is 141 g/mol. The number of carbonyl (C=O) groups excluding carboxylic acids is 1. The molecule has 0 aliphatic heterocycles. The summed E-state index contributed by atoms with van der Waals surface area (Å²) in [5.41, 5.74) is 0. The second kappa shape index (κ2) is 5.15. The van der Waals surface area contributed by atoms with E-state index in [1.807, 2.05) is 6.92 Å². The highest BCUT2D eigenvalue weighted by molar-refractivity contribution is 5.75. The van der Waals surface area contributed by atoms with E-state index in [0.717, 1.165) is 12.8 Å². The fourth-order valence-corrected chi connectivity index (χ4v) is 0.738. The van der Waals surface area contributed by atoms with Gasteiger partial charge in [-0.05, 0) is 33.4 Å². The molecule has 0 amide bonds. The summed E-state index contributed by atoms with van der Waals surface area (Å²) in [4.78, 5) is 14.3. The highest BCUT2D eigenvalue weighted by atomic mass is 16.1. The van der Waals surface area contributed by atoms with Crippen LogP contribution >= 0.6 is 0 Å². The second-order valence-corrected chi connectivity index (χ2v) is 2.63. The standard InChI is InChI=1S/C8H15NO/c1-7(9-3)5-4-6-8(2)10/h7H,3-6H2,1-2H3/t7-/m1/s1. The topological polar surface area (TPSA) is 29.4 Å². The lowest BCUT2D eigenvalue weighted by molar-refractivity contribution is -0.117. The zero-order valence-electron chi connectivity index (χ0n) is 6.76. The van der Waals surface area contributed by atoms with Crippen molar-refractivity contribution in [2.45, 2.75) is 39.2 Å². The summed E-state index contributed by atoms with van der Waals surface area (Å²) in [7, 11) is 0. The Morgan fingerprint density at radius 1 is 1.70 bits per heavy atom. The molecule has 0 heterocycles. The van der Waals surface area contributed by atoms with Crippen molar-refractivity contribution in [3.8, 4) is 0 Å². The fourth-order valence-electron chi connectivity index (χ4n) is 0.738. The third-order valence-electron chi connectivity index (χ3n) is 1.46. The Morgan fingerprint density at radius 2 is 2.30 bits per heavy atom. The predicted molar refractivity (Wildman–Crippen MR) is 43.5 cm³/mol. The lowest BCUT2D eigenvalue weighted by Gasteiger charge is -2.01. The predicted octanol–water partition coefficient (Wildman–Crippen LogP) is 1.83. The van der Waals surface area contributed by atoms with Crippen LogP contribution in [0.2, 0.25) is 0 Å². The maximum absolute atomic E-state index is 10.5. The molecule has 0 aliphatic carbocycles. The molecular formula is C8H15NO. The molecule has 58 valence electrons. The first-order chi connectivity index (χ1) is 4.66. The number of aliphatic imine (C=N–C) groups is 1. The van der Waals surface area contributed by atoms with Crippen molar-refractivity contribution in [1.82, 2.24) is 0 Å². The van der Waals surface area contributed by atoms with E-state index in [4.69, 9.17) is 0 Å². The van der Waals surface area contributed by atoms with E-state index in [1.54, 1.807) is 6.92 Å². The average Bonchev–Trinajstić information content (AvgIpc) is 1.87. The summed E-state index contributed by atoms with van der Waals surface area (Å²) in [5.74, 6) is 0.260. The molecular weight excluding hydrogens is 126 g/mol. The minimum absolute atomic E-state index is 0.260. The van der Waals surface area contributed by atoms with Gasteiger partial charge < -0.3 is 4.79 Å². The maximum atomic E-state index is 10.5. The fraction of sp³-hybridized carbons (Fsp3) is 0.750. The van der Waals surface area contributed by atoms with Crippen LogP contribution in [0.1, 0.15) is 33.1 Å². The molecule has 2 heteroatoms. The molecule has 2 nitrogen and oxygen atoms in total. The van der Waals surface area contributed by atoms with Gasteiger partial charge in [0.15, 0.2) is 0 Å². The first-order valence-corrected chi connectivity index (χ1v) is 3.62. The van der Waals surface area contributed by atoms with Crippen LogP contribution < -0.4 is 0 Å². The molecule has 10 heavy (non-hydrogen) atoms. The van der Waals surface area contributed by atoms with Gasteiger partial charge in [0.05, 0.1) is 0 Å². The van der Waals surface area contributed by atoms with Gasteiger partial charge in [-0.3, -0.25) is 4.99 Å². The van der Waals surface area contributed by atoms with Crippen molar-refractivity contribution < 1.29 is 4.79 Å². The Labute approximate surface area is 62.4 Å². The zero-order valence-corrected chi connectivity index (χ0v) is 6.76. The van der Waals surface area contributed by atoms with Crippen LogP contribution in [0, 0.1) is 0 Å². The van der Waals surface area contributed by atoms with E-state index in [0.29, 0.717) is 12.5 Å². The number of carbonyl (C=O) groups is 1. The van der Waals surface area contributed by atoms with Crippen molar-refractivity contribution in [2.24, 2.45) is 4.99 Å². The smallest absolute Gasteiger partial charge is 0.129 e. The monoisotopic (exact) mass is 141 g/mol. The van der Waals surface area contributed by atoms with E-state index in [1.165, 1.54) is 0 Å². The Bertz CT molecular complexity index is 120. The van der Waals surface area contributed by atoms with E-state index in [-0.39, 0.29) is 5.78 Å². The van der Waals surface area contributed by atoms with Gasteiger partial charge in [0, 0.05) is 12.5 Å². The van der Waals surface area contributed by atoms with Crippen LogP contribution in [-0.2, 0) is 4.79 Å². The van der Waals surface area contributed by atoms with Gasteiger partial charge in [0.2, 0.25) is 0 Å². The summed E-state index contributed by atoms with van der Waals surface area (Å²) in [6.07, 6.45) is 2.60. The maximum Gasteiger partial charge on any atom is 0.129 e. The minimum Gasteiger partial charge on any atom is -0.300 e. The van der Waals surface area contributed by atoms with Crippen molar-refractivity contribution >= 4 is 12.5 Å². The first-order valence-electron chi connectivity index (χ1n) is 3.62. The van der Waals surface area contributed by atoms with E-state index >= 15 is 0 Å². The molecule has 0 saturated heterocycles. The zero-order chi connectivity index (χ0) is 7.98. The quantitative estimate of drug-likeness (QED) is 0.537. The van der Waals surface area contributed by atoms with Gasteiger partial charge in [0.1, 0.15) is 5.78 Å². The Hall–Kier alpha value is -0.660. The summed E-state index contributed by atoms with van der Waals surface area (Å²) in [6, 6.07) is 0.305. The van der Waals surface area contributed by atoms with Gasteiger partial charge in [-0.1, -0.05) is 0 Å². The molecule has 0 aliphatic rings. The van der Waals surface area contributed by atoms with E-state index in [2.05, 4.69) is 11.7 Å². The van der Waals surface area contributed by atoms with Crippen LogP contribution in [0.25, 0.3) is 0 Å². The highest BCUT2D eigenvalue weighted by Gasteiger charge is 1.98. The molecule has 1 atom stereocenters. The van der Waals surface area contributed by atoms with Gasteiger partial charge >= 0.3 is 0 Å². The molecule has 0 aromatic rings. The van der Waals surface area contributed by atoms with Crippen molar-refractivity contribution in [1.29, 1.82) is 0 Å². The van der Waals surface area contributed by atoms with Gasteiger partial charge in [-0.2, -0.15) is 0 Å². The lowest BCUT2D eigenvalue weighted by Crippen LogP contribution is -1.98. The molecule has 0 radical (unpaired) electrons. The van der Waals surface area contributed by atoms with Gasteiger partial charge in [-0.15, -0.1) is 0 Å². The largest absolute Gasteiger partial charge is 0.300 e. The minimum atomic E-state index is 0.260. The summed E-state index contributed by atoms with van der Waals surface area (Å²) < 4.78 is 0.